The molecule has 0 bridgehead atoms. The van der Waals surface area contributed by atoms with E-state index in [4.69, 9.17) is 4.74 Å². The van der Waals surface area contributed by atoms with Crippen LogP contribution in [0.1, 0.15) is 0 Å². The minimum atomic E-state index is 0.122. The Kier molecular flexibility index (Phi) is 2.96. The first-order valence-electron chi connectivity index (χ1n) is 5.73. The standard InChI is InChI=1S/C12H14N2O2S/c15-12-10-3-1-2-4-11(10)17-14(12)9-13-5-7-16-8-6-13/h1-4H,5-9H2. The zero-order chi connectivity index (χ0) is 11.7. The SMILES string of the molecule is O=c1c2ccccc2sn1CN1CCOCC1. The average molecular weight is 250 g/mol. The number of hydrogen-bond acceptors (Lipinski definition) is 4. The van der Waals surface area contributed by atoms with Gasteiger partial charge in [0.1, 0.15) is 0 Å². The van der Waals surface area contributed by atoms with Gasteiger partial charge in [-0.25, -0.2) is 3.96 Å². The number of morpholine rings is 1. The Hall–Kier alpha value is -1.17. The number of fused-ring (bicyclic) bond motifs is 1. The van der Waals surface area contributed by atoms with E-state index in [1.54, 1.807) is 0 Å². The molecule has 0 amide bonds. The maximum atomic E-state index is 12.1. The minimum absolute atomic E-state index is 0.122. The summed E-state index contributed by atoms with van der Waals surface area (Å²) in [6.45, 7) is 4.02. The fourth-order valence-electron chi connectivity index (χ4n) is 2.03. The monoisotopic (exact) mass is 250 g/mol. The molecule has 4 nitrogen and oxygen atoms in total. The van der Waals surface area contributed by atoms with Gasteiger partial charge < -0.3 is 4.74 Å². The normalized spacial score (nSPS) is 17.6. The van der Waals surface area contributed by atoms with Crippen LogP contribution in [0.4, 0.5) is 0 Å². The lowest BCUT2D eigenvalue weighted by Crippen LogP contribution is -2.38. The van der Waals surface area contributed by atoms with Gasteiger partial charge in [0.05, 0.1) is 30.0 Å². The molecule has 0 atom stereocenters. The molecule has 90 valence electrons. The number of benzene rings is 1. The van der Waals surface area contributed by atoms with Crippen LogP contribution < -0.4 is 5.56 Å². The molecule has 1 aromatic heterocycles. The van der Waals surface area contributed by atoms with Crippen LogP contribution in [0.5, 0.6) is 0 Å². The van der Waals surface area contributed by atoms with E-state index in [1.807, 2.05) is 28.2 Å². The van der Waals surface area contributed by atoms with Gasteiger partial charge in [-0.2, -0.15) is 0 Å². The highest BCUT2D eigenvalue weighted by Crippen LogP contribution is 2.16. The lowest BCUT2D eigenvalue weighted by Gasteiger charge is -2.26. The van der Waals surface area contributed by atoms with E-state index in [9.17, 15) is 4.79 Å². The molecule has 17 heavy (non-hydrogen) atoms. The van der Waals surface area contributed by atoms with Crippen molar-refractivity contribution in [3.63, 3.8) is 0 Å². The highest BCUT2D eigenvalue weighted by molar-refractivity contribution is 7.13. The predicted molar refractivity (Wildman–Crippen MR) is 68.5 cm³/mol. The summed E-state index contributed by atoms with van der Waals surface area (Å²) in [5, 5.41) is 0.825. The van der Waals surface area contributed by atoms with Crippen molar-refractivity contribution in [3.05, 3.63) is 34.6 Å². The van der Waals surface area contributed by atoms with Crippen LogP contribution >= 0.6 is 11.5 Å². The molecular formula is C12H14N2O2S. The summed E-state index contributed by atoms with van der Waals surface area (Å²) < 4.78 is 8.19. The highest BCUT2D eigenvalue weighted by Gasteiger charge is 2.13. The van der Waals surface area contributed by atoms with E-state index in [0.29, 0.717) is 6.67 Å². The van der Waals surface area contributed by atoms with Crippen molar-refractivity contribution < 1.29 is 4.74 Å². The average Bonchev–Trinajstić information content (AvgIpc) is 2.68. The molecular weight excluding hydrogens is 236 g/mol. The highest BCUT2D eigenvalue weighted by atomic mass is 32.1. The summed E-state index contributed by atoms with van der Waals surface area (Å²) in [6.07, 6.45) is 0. The minimum Gasteiger partial charge on any atom is -0.379 e. The Morgan fingerprint density at radius 1 is 1.24 bits per heavy atom. The molecule has 0 unspecified atom stereocenters. The third kappa shape index (κ3) is 2.13. The van der Waals surface area contributed by atoms with Crippen LogP contribution in [0.25, 0.3) is 10.1 Å². The Labute approximate surface area is 103 Å². The van der Waals surface area contributed by atoms with Gasteiger partial charge in [0.25, 0.3) is 5.56 Å². The van der Waals surface area contributed by atoms with Gasteiger partial charge in [-0.15, -0.1) is 0 Å². The van der Waals surface area contributed by atoms with E-state index in [-0.39, 0.29) is 5.56 Å². The Morgan fingerprint density at radius 2 is 2.00 bits per heavy atom. The quantitative estimate of drug-likeness (QED) is 0.807. The topological polar surface area (TPSA) is 34.5 Å². The zero-order valence-corrected chi connectivity index (χ0v) is 10.3. The van der Waals surface area contributed by atoms with Gasteiger partial charge >= 0.3 is 0 Å². The van der Waals surface area contributed by atoms with E-state index in [1.165, 1.54) is 11.5 Å². The molecule has 1 aliphatic rings. The fraction of sp³-hybridized carbons (Fsp3) is 0.417. The molecule has 2 aromatic rings. The van der Waals surface area contributed by atoms with Crippen molar-refractivity contribution in [3.8, 4) is 0 Å². The lowest BCUT2D eigenvalue weighted by molar-refractivity contribution is 0.0248. The van der Waals surface area contributed by atoms with Crippen LogP contribution in [0.3, 0.4) is 0 Å². The fourth-order valence-corrected chi connectivity index (χ4v) is 3.07. The smallest absolute Gasteiger partial charge is 0.269 e. The molecule has 0 spiro atoms. The van der Waals surface area contributed by atoms with Gasteiger partial charge in [0.2, 0.25) is 0 Å². The Bertz CT molecular complexity index is 569. The van der Waals surface area contributed by atoms with Crippen LogP contribution in [-0.2, 0) is 11.4 Å². The molecule has 0 aliphatic carbocycles. The molecule has 1 aromatic carbocycles. The molecule has 3 rings (SSSR count). The number of hydrogen-bond donors (Lipinski definition) is 0. The molecule has 0 radical (unpaired) electrons. The first-order chi connectivity index (χ1) is 8.34. The predicted octanol–water partition coefficient (Wildman–Crippen LogP) is 1.35. The number of ether oxygens (including phenoxy) is 1. The van der Waals surface area contributed by atoms with Gasteiger partial charge in [0.15, 0.2) is 0 Å². The van der Waals surface area contributed by atoms with Crippen LogP contribution in [0.2, 0.25) is 0 Å². The summed E-state index contributed by atoms with van der Waals surface area (Å²) in [5.41, 5.74) is 0.122. The van der Waals surface area contributed by atoms with Crippen LogP contribution in [-0.4, -0.2) is 35.2 Å². The van der Waals surface area contributed by atoms with Crippen molar-refractivity contribution in [2.75, 3.05) is 26.3 Å². The number of aromatic nitrogens is 1. The summed E-state index contributed by atoms with van der Waals surface area (Å²) >= 11 is 1.54. The number of rotatable bonds is 2. The first-order valence-corrected chi connectivity index (χ1v) is 6.51. The van der Waals surface area contributed by atoms with Crippen molar-refractivity contribution in [2.24, 2.45) is 0 Å². The first kappa shape index (κ1) is 11.0. The summed E-state index contributed by atoms with van der Waals surface area (Å²) in [4.78, 5) is 14.4. The molecule has 5 heteroatoms. The molecule has 0 saturated carbocycles. The molecule has 2 heterocycles. The number of nitrogens with zero attached hydrogens (tertiary/aromatic N) is 2. The van der Waals surface area contributed by atoms with Crippen molar-refractivity contribution in [2.45, 2.75) is 6.67 Å². The zero-order valence-electron chi connectivity index (χ0n) is 9.46. The second-order valence-corrected chi connectivity index (χ2v) is 5.21. The van der Waals surface area contributed by atoms with Crippen molar-refractivity contribution in [1.29, 1.82) is 0 Å². The Balaban J connectivity index is 1.89. The van der Waals surface area contributed by atoms with Gasteiger partial charge in [-0.3, -0.25) is 9.69 Å². The van der Waals surface area contributed by atoms with Gasteiger partial charge in [-0.05, 0) is 12.1 Å². The molecule has 1 aliphatic heterocycles. The van der Waals surface area contributed by atoms with Gasteiger partial charge in [-0.1, -0.05) is 23.7 Å². The maximum Gasteiger partial charge on any atom is 0.269 e. The summed E-state index contributed by atoms with van der Waals surface area (Å²) in [6, 6.07) is 7.77. The van der Waals surface area contributed by atoms with Crippen molar-refractivity contribution >= 4 is 21.6 Å². The second kappa shape index (κ2) is 4.60. The largest absolute Gasteiger partial charge is 0.379 e. The Morgan fingerprint density at radius 3 is 2.76 bits per heavy atom. The van der Waals surface area contributed by atoms with E-state index >= 15 is 0 Å². The van der Waals surface area contributed by atoms with E-state index in [0.717, 1.165) is 36.4 Å². The molecule has 1 saturated heterocycles. The molecule has 0 N–H and O–H groups in total. The summed E-state index contributed by atoms with van der Waals surface area (Å²) in [7, 11) is 0. The maximum absolute atomic E-state index is 12.1. The van der Waals surface area contributed by atoms with Gasteiger partial charge in [0, 0.05) is 13.1 Å². The third-order valence-corrected chi connectivity index (χ3v) is 4.04. The van der Waals surface area contributed by atoms with E-state index in [2.05, 4.69) is 4.90 Å². The summed E-state index contributed by atoms with van der Waals surface area (Å²) in [5.74, 6) is 0. The van der Waals surface area contributed by atoms with Crippen molar-refractivity contribution in [1.82, 2.24) is 8.86 Å². The second-order valence-electron chi connectivity index (χ2n) is 4.14. The third-order valence-electron chi connectivity index (χ3n) is 2.98. The van der Waals surface area contributed by atoms with E-state index < -0.39 is 0 Å². The van der Waals surface area contributed by atoms with Crippen LogP contribution in [0.15, 0.2) is 29.1 Å². The molecule has 1 fully saturated rings. The lowest BCUT2D eigenvalue weighted by atomic mass is 10.3. The van der Waals surface area contributed by atoms with Crippen LogP contribution in [0, 0.1) is 0 Å².